The van der Waals surface area contributed by atoms with Gasteiger partial charge in [-0.05, 0) is 19.8 Å². The Bertz CT molecular complexity index is 709. The van der Waals surface area contributed by atoms with E-state index in [9.17, 15) is 21.6 Å². The third-order valence-corrected chi connectivity index (χ3v) is 6.48. The van der Waals surface area contributed by atoms with Gasteiger partial charge in [-0.3, -0.25) is 4.99 Å². The first-order valence-electron chi connectivity index (χ1n) is 7.57. The van der Waals surface area contributed by atoms with E-state index in [2.05, 4.69) is 20.6 Å². The number of aromatic nitrogens is 1. The molecule has 2 rings (SSSR count). The maximum Gasteiger partial charge on any atom is 0.511 e. The monoisotopic (exact) mass is 399 g/mol. The molecule has 25 heavy (non-hydrogen) atoms. The van der Waals surface area contributed by atoms with E-state index in [0.29, 0.717) is 16.8 Å². The Labute approximate surface area is 148 Å². The summed E-state index contributed by atoms with van der Waals surface area (Å²) in [5.74, 6) is 0.518. The van der Waals surface area contributed by atoms with Crippen molar-refractivity contribution < 1.29 is 21.6 Å². The smallest absolute Gasteiger partial charge is 0.354 e. The SMILES string of the molecule is CN=C(NCc1scnc1C)NC1CCN(S(=O)(=O)C(F)(F)F)CC1. The highest BCUT2D eigenvalue weighted by Gasteiger charge is 2.50. The molecule has 0 aliphatic carbocycles. The number of alkyl halides is 3. The minimum absolute atomic E-state index is 0.145. The van der Waals surface area contributed by atoms with Crippen LogP contribution in [-0.2, 0) is 16.6 Å². The molecular weight excluding hydrogens is 379 g/mol. The number of piperidine rings is 1. The van der Waals surface area contributed by atoms with Crippen LogP contribution in [-0.4, -0.2) is 55.4 Å². The summed E-state index contributed by atoms with van der Waals surface area (Å²) < 4.78 is 61.0. The van der Waals surface area contributed by atoms with Crippen molar-refractivity contribution >= 4 is 27.3 Å². The van der Waals surface area contributed by atoms with Gasteiger partial charge in [0.1, 0.15) is 0 Å². The van der Waals surface area contributed by atoms with Crippen LogP contribution >= 0.6 is 11.3 Å². The fourth-order valence-electron chi connectivity index (χ4n) is 2.43. The molecular formula is C13H20F3N5O2S2. The van der Waals surface area contributed by atoms with Crippen LogP contribution in [0.3, 0.4) is 0 Å². The first kappa shape index (κ1) is 19.9. The van der Waals surface area contributed by atoms with Gasteiger partial charge in [-0.15, -0.1) is 11.3 Å². The maximum atomic E-state index is 12.6. The largest absolute Gasteiger partial charge is 0.511 e. The Balaban J connectivity index is 1.85. The van der Waals surface area contributed by atoms with Gasteiger partial charge in [-0.25, -0.2) is 13.4 Å². The second-order valence-corrected chi connectivity index (χ2v) is 8.42. The second-order valence-electron chi connectivity index (χ2n) is 5.56. The number of thiazole rings is 1. The first-order valence-corrected chi connectivity index (χ1v) is 9.89. The first-order chi connectivity index (χ1) is 11.6. The van der Waals surface area contributed by atoms with Crippen LogP contribution < -0.4 is 10.6 Å². The molecule has 1 saturated heterocycles. The van der Waals surface area contributed by atoms with E-state index in [1.807, 2.05) is 6.92 Å². The number of aliphatic imine (C=N–C) groups is 1. The molecule has 0 atom stereocenters. The fraction of sp³-hybridized carbons (Fsp3) is 0.692. The van der Waals surface area contributed by atoms with Gasteiger partial charge >= 0.3 is 15.5 Å². The number of hydrogen-bond donors (Lipinski definition) is 2. The molecule has 0 bridgehead atoms. The van der Waals surface area contributed by atoms with Gasteiger partial charge in [-0.1, -0.05) is 0 Å². The van der Waals surface area contributed by atoms with Crippen molar-refractivity contribution in [1.29, 1.82) is 0 Å². The lowest BCUT2D eigenvalue weighted by molar-refractivity contribution is -0.0494. The Morgan fingerprint density at radius 1 is 1.44 bits per heavy atom. The number of rotatable bonds is 4. The van der Waals surface area contributed by atoms with Crippen molar-refractivity contribution in [1.82, 2.24) is 19.9 Å². The summed E-state index contributed by atoms with van der Waals surface area (Å²) in [7, 11) is -3.65. The van der Waals surface area contributed by atoms with E-state index in [1.54, 1.807) is 12.6 Å². The van der Waals surface area contributed by atoms with E-state index >= 15 is 0 Å². The number of guanidine groups is 1. The molecule has 12 heteroatoms. The lowest BCUT2D eigenvalue weighted by Gasteiger charge is -2.32. The average Bonchev–Trinajstić information content (AvgIpc) is 2.96. The second kappa shape index (κ2) is 7.87. The molecule has 7 nitrogen and oxygen atoms in total. The summed E-state index contributed by atoms with van der Waals surface area (Å²) in [6.07, 6.45) is 0.547. The number of nitrogens with zero attached hydrogens (tertiary/aromatic N) is 3. The van der Waals surface area contributed by atoms with Crippen LogP contribution in [0, 0.1) is 6.92 Å². The van der Waals surface area contributed by atoms with Crippen LogP contribution in [0.25, 0.3) is 0 Å². The molecule has 0 spiro atoms. The van der Waals surface area contributed by atoms with Gasteiger partial charge in [0.2, 0.25) is 0 Å². The summed E-state index contributed by atoms with van der Waals surface area (Å²) >= 11 is 1.52. The molecule has 142 valence electrons. The predicted octanol–water partition coefficient (Wildman–Crippen LogP) is 1.43. The highest BCUT2D eigenvalue weighted by molar-refractivity contribution is 7.90. The van der Waals surface area contributed by atoms with Gasteiger partial charge in [0.25, 0.3) is 0 Å². The summed E-state index contributed by atoms with van der Waals surface area (Å²) in [6, 6.07) is -0.145. The molecule has 0 amide bonds. The van der Waals surface area contributed by atoms with E-state index in [0.717, 1.165) is 10.6 Å². The third-order valence-electron chi connectivity index (χ3n) is 3.91. The zero-order valence-corrected chi connectivity index (χ0v) is 15.4. The zero-order chi connectivity index (χ0) is 18.7. The summed E-state index contributed by atoms with van der Waals surface area (Å²) in [4.78, 5) is 9.30. The molecule has 1 aromatic heterocycles. The quantitative estimate of drug-likeness (QED) is 0.591. The molecule has 1 aliphatic heterocycles. The summed E-state index contributed by atoms with van der Waals surface area (Å²) in [5, 5.41) is 6.24. The van der Waals surface area contributed by atoms with Crippen molar-refractivity contribution in [3.63, 3.8) is 0 Å². The molecule has 2 heterocycles. The van der Waals surface area contributed by atoms with Crippen LogP contribution in [0.4, 0.5) is 13.2 Å². The van der Waals surface area contributed by atoms with Gasteiger partial charge in [0.05, 0.1) is 17.7 Å². The molecule has 0 saturated carbocycles. The Morgan fingerprint density at radius 3 is 2.56 bits per heavy atom. The average molecular weight is 399 g/mol. The lowest BCUT2D eigenvalue weighted by Crippen LogP contribution is -2.51. The van der Waals surface area contributed by atoms with E-state index in [-0.39, 0.29) is 32.0 Å². The van der Waals surface area contributed by atoms with Crippen LogP contribution in [0.15, 0.2) is 10.5 Å². The minimum Gasteiger partial charge on any atom is -0.354 e. The van der Waals surface area contributed by atoms with E-state index < -0.39 is 15.5 Å². The Hall–Kier alpha value is -1.40. The van der Waals surface area contributed by atoms with Crippen molar-refractivity contribution in [2.75, 3.05) is 20.1 Å². The maximum absolute atomic E-state index is 12.6. The zero-order valence-electron chi connectivity index (χ0n) is 13.8. The molecule has 0 unspecified atom stereocenters. The number of aryl methyl sites for hydroxylation is 1. The lowest BCUT2D eigenvalue weighted by atomic mass is 10.1. The minimum atomic E-state index is -5.25. The van der Waals surface area contributed by atoms with Crippen molar-refractivity contribution in [3.05, 3.63) is 16.1 Å². The highest BCUT2D eigenvalue weighted by atomic mass is 32.2. The van der Waals surface area contributed by atoms with E-state index in [1.165, 1.54) is 11.3 Å². The van der Waals surface area contributed by atoms with Crippen LogP contribution in [0.5, 0.6) is 0 Å². The Kier molecular flexibility index (Phi) is 6.27. The van der Waals surface area contributed by atoms with Crippen LogP contribution in [0.1, 0.15) is 23.4 Å². The van der Waals surface area contributed by atoms with Crippen LogP contribution in [0.2, 0.25) is 0 Å². The van der Waals surface area contributed by atoms with Gasteiger partial charge in [-0.2, -0.15) is 17.5 Å². The van der Waals surface area contributed by atoms with Crippen molar-refractivity contribution in [3.8, 4) is 0 Å². The number of halogens is 3. The third kappa shape index (κ3) is 4.82. The molecule has 2 N–H and O–H groups in total. The molecule has 1 aliphatic rings. The van der Waals surface area contributed by atoms with Gasteiger partial charge < -0.3 is 10.6 Å². The van der Waals surface area contributed by atoms with Crippen molar-refractivity contribution in [2.45, 2.75) is 37.9 Å². The highest BCUT2D eigenvalue weighted by Crippen LogP contribution is 2.28. The number of sulfonamides is 1. The summed E-state index contributed by atoms with van der Waals surface area (Å²) in [6.45, 7) is 2.09. The standard InChI is InChI=1S/C13H20F3N5O2S2/c1-9-11(24-8-19-9)7-18-12(17-2)20-10-3-5-21(6-4-10)25(22,23)13(14,15)16/h8,10H,3-7H2,1-2H3,(H2,17,18,20). The van der Waals surface area contributed by atoms with Gasteiger partial charge in [0.15, 0.2) is 5.96 Å². The number of nitrogens with one attached hydrogen (secondary N) is 2. The fourth-order valence-corrected chi connectivity index (χ4v) is 4.14. The molecule has 1 aromatic rings. The van der Waals surface area contributed by atoms with E-state index in [4.69, 9.17) is 0 Å². The topological polar surface area (TPSA) is 86.7 Å². The molecule has 0 aromatic carbocycles. The predicted molar refractivity (Wildman–Crippen MR) is 89.8 cm³/mol. The van der Waals surface area contributed by atoms with Crippen molar-refractivity contribution in [2.24, 2.45) is 4.99 Å². The van der Waals surface area contributed by atoms with Gasteiger partial charge in [0, 0.05) is 31.1 Å². The molecule has 1 fully saturated rings. The Morgan fingerprint density at radius 2 is 2.08 bits per heavy atom. The summed E-state index contributed by atoms with van der Waals surface area (Å²) in [5.41, 5.74) is -2.57. The molecule has 0 radical (unpaired) electrons. The number of hydrogen-bond acceptors (Lipinski definition) is 5. The normalized spacial score (nSPS) is 18.4.